The van der Waals surface area contributed by atoms with E-state index in [4.69, 9.17) is 4.74 Å². The highest BCUT2D eigenvalue weighted by Gasteiger charge is 2.65. The molecule has 2 saturated heterocycles. The van der Waals surface area contributed by atoms with Crippen molar-refractivity contribution >= 4 is 11.9 Å². The molecule has 0 aromatic heterocycles. The maximum atomic E-state index is 12.2. The lowest BCUT2D eigenvalue weighted by Gasteiger charge is -2.57. The Hall–Kier alpha value is -1.30. The second-order valence-electron chi connectivity index (χ2n) is 9.40. The van der Waals surface area contributed by atoms with Crippen LogP contribution in [0, 0.1) is 17.3 Å². The molecule has 5 fully saturated rings. The first-order valence-electron chi connectivity index (χ1n) is 11.1. The molecule has 3 aliphatic carbocycles. The summed E-state index contributed by atoms with van der Waals surface area (Å²) in [6.45, 7) is 2.70. The summed E-state index contributed by atoms with van der Waals surface area (Å²) in [5.74, 6) is 2.33. The lowest BCUT2D eigenvalue weighted by atomic mass is 9.54. The van der Waals surface area contributed by atoms with Crippen LogP contribution in [0.3, 0.4) is 0 Å². The predicted molar refractivity (Wildman–Crippen MR) is 104 cm³/mol. The fourth-order valence-electron chi connectivity index (χ4n) is 6.25. The van der Waals surface area contributed by atoms with E-state index in [-0.39, 0.29) is 0 Å². The molecule has 2 heterocycles. The highest BCUT2D eigenvalue weighted by molar-refractivity contribution is 5.82. The zero-order valence-corrected chi connectivity index (χ0v) is 16.6. The number of carbonyl (C=O) groups is 1. The number of ether oxygens (including phenoxy) is 1. The monoisotopic (exact) mass is 374 g/mol. The number of amides is 1. The second kappa shape index (κ2) is 6.94. The van der Waals surface area contributed by atoms with Gasteiger partial charge in [0.15, 0.2) is 5.96 Å². The van der Waals surface area contributed by atoms with Gasteiger partial charge in [0.25, 0.3) is 0 Å². The summed E-state index contributed by atoms with van der Waals surface area (Å²) in [7, 11) is 1.88. The van der Waals surface area contributed by atoms with Crippen LogP contribution in [0.25, 0.3) is 0 Å². The Balaban J connectivity index is 1.16. The van der Waals surface area contributed by atoms with Gasteiger partial charge in [0.05, 0.1) is 6.10 Å². The van der Waals surface area contributed by atoms with Crippen LogP contribution in [0.4, 0.5) is 0 Å². The van der Waals surface area contributed by atoms with Crippen molar-refractivity contribution in [2.45, 2.75) is 76.0 Å². The number of likely N-dealkylation sites (tertiary alicyclic amines) is 1. The number of fused-ring (bicyclic) bond motifs is 2. The van der Waals surface area contributed by atoms with Crippen LogP contribution in [0.1, 0.15) is 57.8 Å². The van der Waals surface area contributed by atoms with E-state index >= 15 is 0 Å². The Morgan fingerprint density at radius 2 is 1.81 bits per heavy atom. The van der Waals surface area contributed by atoms with Gasteiger partial charge in [-0.25, -0.2) is 0 Å². The van der Waals surface area contributed by atoms with Gasteiger partial charge in [0, 0.05) is 56.1 Å². The van der Waals surface area contributed by atoms with E-state index < -0.39 is 0 Å². The summed E-state index contributed by atoms with van der Waals surface area (Å²) in [6, 6.07) is 0.921. The number of nitrogens with one attached hydrogen (secondary N) is 2. The summed E-state index contributed by atoms with van der Waals surface area (Å²) in [5.41, 5.74) is 0.346. The molecule has 1 spiro atoms. The molecule has 0 aromatic carbocycles. The molecule has 6 nitrogen and oxygen atoms in total. The largest absolute Gasteiger partial charge is 0.377 e. The smallest absolute Gasteiger partial charge is 0.225 e. The molecule has 0 bridgehead atoms. The van der Waals surface area contributed by atoms with Gasteiger partial charge in [0.2, 0.25) is 5.91 Å². The van der Waals surface area contributed by atoms with Gasteiger partial charge in [0.1, 0.15) is 0 Å². The van der Waals surface area contributed by atoms with Crippen molar-refractivity contribution in [3.8, 4) is 0 Å². The number of guanidine groups is 1. The molecule has 3 unspecified atom stereocenters. The molecule has 150 valence electrons. The van der Waals surface area contributed by atoms with Crippen molar-refractivity contribution in [1.82, 2.24) is 15.5 Å². The molecule has 0 aromatic rings. The van der Waals surface area contributed by atoms with Crippen LogP contribution in [0.5, 0.6) is 0 Å². The van der Waals surface area contributed by atoms with Gasteiger partial charge < -0.3 is 20.3 Å². The van der Waals surface area contributed by atoms with Gasteiger partial charge >= 0.3 is 0 Å². The van der Waals surface area contributed by atoms with Crippen molar-refractivity contribution in [3.05, 3.63) is 0 Å². The van der Waals surface area contributed by atoms with Crippen molar-refractivity contribution < 1.29 is 9.53 Å². The summed E-state index contributed by atoms with van der Waals surface area (Å²) < 4.78 is 6.11. The molecule has 3 atom stereocenters. The van der Waals surface area contributed by atoms with Crippen LogP contribution in [0.15, 0.2) is 4.99 Å². The standard InChI is InChI=1S/C21H34N4O2/c1-22-20(23-15-6-11-25(12-7-15)19(26)14-4-5-14)24-17-16-8-13-27-18(16)21(17)9-2-3-10-21/h14-18H,2-13H2,1H3,(H2,22,23,24). The minimum absolute atomic E-state index is 0.340. The molecule has 6 heteroatoms. The Morgan fingerprint density at radius 3 is 2.48 bits per heavy atom. The van der Waals surface area contributed by atoms with Gasteiger partial charge in [-0.3, -0.25) is 9.79 Å². The fraction of sp³-hybridized carbons (Fsp3) is 0.905. The minimum Gasteiger partial charge on any atom is -0.377 e. The number of nitrogens with zero attached hydrogens (tertiary/aromatic N) is 2. The minimum atomic E-state index is 0.340. The van der Waals surface area contributed by atoms with E-state index in [0.717, 1.165) is 51.3 Å². The molecule has 1 amide bonds. The quantitative estimate of drug-likeness (QED) is 0.585. The molecule has 5 rings (SSSR count). The van der Waals surface area contributed by atoms with Crippen molar-refractivity contribution in [2.24, 2.45) is 22.2 Å². The number of hydrogen-bond acceptors (Lipinski definition) is 3. The lowest BCUT2D eigenvalue weighted by molar-refractivity contribution is -0.133. The van der Waals surface area contributed by atoms with E-state index in [1.165, 1.54) is 32.1 Å². The van der Waals surface area contributed by atoms with E-state index in [1.807, 2.05) is 7.05 Å². The Bertz CT molecular complexity index is 603. The van der Waals surface area contributed by atoms with E-state index in [0.29, 0.717) is 41.3 Å². The number of aliphatic imine (C=N–C) groups is 1. The SMILES string of the molecule is CN=C(NC1CCN(C(=O)C2CC2)CC1)NC1C2CCOC2C12CCCC2. The number of piperidine rings is 1. The third-order valence-corrected chi connectivity index (χ3v) is 7.88. The lowest BCUT2D eigenvalue weighted by Crippen LogP contribution is -2.69. The highest BCUT2D eigenvalue weighted by Crippen LogP contribution is 2.60. The predicted octanol–water partition coefficient (Wildman–Crippen LogP) is 1.90. The Morgan fingerprint density at radius 1 is 1.07 bits per heavy atom. The number of hydrogen-bond donors (Lipinski definition) is 2. The summed E-state index contributed by atoms with van der Waals surface area (Å²) in [4.78, 5) is 18.9. The van der Waals surface area contributed by atoms with Crippen LogP contribution in [0.2, 0.25) is 0 Å². The molecule has 2 aliphatic heterocycles. The molecule has 5 aliphatic rings. The van der Waals surface area contributed by atoms with Gasteiger partial charge in [-0.2, -0.15) is 0 Å². The molecule has 3 saturated carbocycles. The third-order valence-electron chi connectivity index (χ3n) is 7.88. The van der Waals surface area contributed by atoms with Crippen LogP contribution < -0.4 is 10.6 Å². The Labute approximate surface area is 162 Å². The number of carbonyl (C=O) groups excluding carboxylic acids is 1. The van der Waals surface area contributed by atoms with E-state index in [9.17, 15) is 4.79 Å². The molecule has 27 heavy (non-hydrogen) atoms. The fourth-order valence-corrected chi connectivity index (χ4v) is 6.25. The van der Waals surface area contributed by atoms with Crippen LogP contribution >= 0.6 is 0 Å². The van der Waals surface area contributed by atoms with Gasteiger partial charge in [-0.1, -0.05) is 12.8 Å². The zero-order valence-electron chi connectivity index (χ0n) is 16.6. The first kappa shape index (κ1) is 17.8. The average molecular weight is 375 g/mol. The summed E-state index contributed by atoms with van der Waals surface area (Å²) >= 11 is 0. The molecule has 0 radical (unpaired) electrons. The van der Waals surface area contributed by atoms with E-state index in [1.54, 1.807) is 0 Å². The second-order valence-corrected chi connectivity index (χ2v) is 9.40. The third kappa shape index (κ3) is 3.04. The maximum absolute atomic E-state index is 12.2. The number of rotatable bonds is 3. The van der Waals surface area contributed by atoms with Gasteiger partial charge in [-0.05, 0) is 44.9 Å². The first-order valence-corrected chi connectivity index (χ1v) is 11.1. The maximum Gasteiger partial charge on any atom is 0.225 e. The zero-order chi connectivity index (χ0) is 18.4. The van der Waals surface area contributed by atoms with Crippen LogP contribution in [-0.4, -0.2) is 61.7 Å². The van der Waals surface area contributed by atoms with Crippen molar-refractivity contribution in [2.75, 3.05) is 26.7 Å². The molecular weight excluding hydrogens is 340 g/mol. The van der Waals surface area contributed by atoms with Gasteiger partial charge in [-0.15, -0.1) is 0 Å². The van der Waals surface area contributed by atoms with Crippen LogP contribution in [-0.2, 0) is 9.53 Å². The highest BCUT2D eigenvalue weighted by atomic mass is 16.5. The molecule has 2 N–H and O–H groups in total. The molecular formula is C21H34N4O2. The van der Waals surface area contributed by atoms with E-state index in [2.05, 4.69) is 20.5 Å². The van der Waals surface area contributed by atoms with Crippen molar-refractivity contribution in [3.63, 3.8) is 0 Å². The average Bonchev–Trinajstić information content (AvgIpc) is 3.24. The summed E-state index contributed by atoms with van der Waals surface area (Å²) in [6.07, 6.45) is 11.2. The summed E-state index contributed by atoms with van der Waals surface area (Å²) in [5, 5.41) is 7.45. The Kier molecular flexibility index (Phi) is 4.57. The normalized spacial score (nSPS) is 35.8. The first-order chi connectivity index (χ1) is 13.2. The van der Waals surface area contributed by atoms with Crippen molar-refractivity contribution in [1.29, 1.82) is 0 Å². The topological polar surface area (TPSA) is 66.0 Å².